The summed E-state index contributed by atoms with van der Waals surface area (Å²) in [6.07, 6.45) is 4.80. The van der Waals surface area contributed by atoms with Crippen molar-refractivity contribution in [3.05, 3.63) is 102 Å². The van der Waals surface area contributed by atoms with E-state index in [0.717, 1.165) is 33.9 Å². The van der Waals surface area contributed by atoms with Crippen molar-refractivity contribution in [1.29, 1.82) is 0 Å². The van der Waals surface area contributed by atoms with E-state index in [9.17, 15) is 4.79 Å². The minimum absolute atomic E-state index is 0.233. The zero-order chi connectivity index (χ0) is 25.5. The molecule has 0 aliphatic carbocycles. The molecule has 5 rings (SSSR count). The molecule has 2 aromatic carbocycles. The normalized spacial score (nSPS) is 12.1. The van der Waals surface area contributed by atoms with Crippen LogP contribution in [0.2, 0.25) is 0 Å². The van der Waals surface area contributed by atoms with Crippen LogP contribution in [0, 0.1) is 0 Å². The molecular weight excluding hydrogens is 472 g/mol. The zero-order valence-electron chi connectivity index (χ0n) is 20.6. The quantitative estimate of drug-likeness (QED) is 0.325. The lowest BCUT2D eigenvalue weighted by atomic mass is 10.1. The molecule has 9 nitrogen and oxygen atoms in total. The number of benzene rings is 2. The molecule has 0 fully saturated rings. The molecule has 0 spiro atoms. The van der Waals surface area contributed by atoms with Gasteiger partial charge in [-0.3, -0.25) is 14.7 Å². The lowest BCUT2D eigenvalue weighted by Crippen LogP contribution is -2.24. The van der Waals surface area contributed by atoms with Gasteiger partial charge in [0, 0.05) is 32.0 Å². The van der Waals surface area contributed by atoms with Crippen molar-refractivity contribution in [3.63, 3.8) is 0 Å². The second kappa shape index (κ2) is 11.6. The van der Waals surface area contributed by atoms with Crippen LogP contribution < -0.4 is 19.5 Å². The average molecular weight is 501 g/mol. The third-order valence-electron chi connectivity index (χ3n) is 5.80. The molecule has 2 aromatic heterocycles. The summed E-state index contributed by atoms with van der Waals surface area (Å²) < 4.78 is 22.2. The third kappa shape index (κ3) is 6.45. The third-order valence-corrected chi connectivity index (χ3v) is 5.80. The fraction of sp³-hybridized carbons (Fsp3) is 0.250. The molecule has 1 aliphatic rings. The predicted octanol–water partition coefficient (Wildman–Crippen LogP) is 4.33. The summed E-state index contributed by atoms with van der Waals surface area (Å²) in [4.78, 5) is 23.3. The fourth-order valence-corrected chi connectivity index (χ4v) is 4.04. The Bertz CT molecular complexity index is 1320. The number of aromatic nitrogens is 2. The van der Waals surface area contributed by atoms with E-state index < -0.39 is 0 Å². The molecule has 37 heavy (non-hydrogen) atoms. The Morgan fingerprint density at radius 3 is 2.62 bits per heavy atom. The highest BCUT2D eigenvalue weighted by Gasteiger charge is 2.18. The van der Waals surface area contributed by atoms with E-state index >= 15 is 0 Å². The number of hydrogen-bond donors (Lipinski definition) is 1. The van der Waals surface area contributed by atoms with Crippen molar-refractivity contribution in [1.82, 2.24) is 20.2 Å². The average Bonchev–Trinajstić information content (AvgIpc) is 3.59. The van der Waals surface area contributed by atoms with Crippen LogP contribution in [-0.2, 0) is 26.2 Å². The molecule has 1 aliphatic heterocycles. The first-order valence-corrected chi connectivity index (χ1v) is 12.1. The molecule has 190 valence electrons. The number of pyridine rings is 1. The Morgan fingerprint density at radius 1 is 1.00 bits per heavy atom. The molecule has 0 atom stereocenters. The Morgan fingerprint density at radius 2 is 1.81 bits per heavy atom. The summed E-state index contributed by atoms with van der Waals surface area (Å²) in [5.41, 5.74) is 3.33. The van der Waals surface area contributed by atoms with Gasteiger partial charge in [0.2, 0.25) is 12.7 Å². The monoisotopic (exact) mass is 500 g/mol. The van der Waals surface area contributed by atoms with Gasteiger partial charge in [-0.25, -0.2) is 4.98 Å². The molecule has 0 unspecified atom stereocenters. The lowest BCUT2D eigenvalue weighted by molar-refractivity contribution is 0.0945. The van der Waals surface area contributed by atoms with Gasteiger partial charge in [-0.15, -0.1) is 0 Å². The summed E-state index contributed by atoms with van der Waals surface area (Å²) in [5.74, 6) is 2.48. The molecule has 0 saturated carbocycles. The van der Waals surface area contributed by atoms with E-state index in [1.54, 1.807) is 12.4 Å². The molecule has 9 heteroatoms. The molecule has 0 saturated heterocycles. The van der Waals surface area contributed by atoms with E-state index in [1.807, 2.05) is 61.5 Å². The SMILES string of the molecule is CCOc1ccc(CN(Cc2ccc3c(c2)OCO3)Cc2nc(C(=O)NCc3cccnc3)co2)cc1. The van der Waals surface area contributed by atoms with Crippen LogP contribution in [0.25, 0.3) is 0 Å². The Labute approximate surface area is 215 Å². The first-order chi connectivity index (χ1) is 18.2. The first kappa shape index (κ1) is 24.3. The van der Waals surface area contributed by atoms with Gasteiger partial charge in [0.05, 0.1) is 13.2 Å². The number of ether oxygens (including phenoxy) is 3. The van der Waals surface area contributed by atoms with Gasteiger partial charge < -0.3 is 23.9 Å². The maximum Gasteiger partial charge on any atom is 0.273 e. The van der Waals surface area contributed by atoms with Gasteiger partial charge in [-0.2, -0.15) is 0 Å². The minimum Gasteiger partial charge on any atom is -0.494 e. The van der Waals surface area contributed by atoms with E-state index in [4.69, 9.17) is 18.6 Å². The largest absolute Gasteiger partial charge is 0.494 e. The van der Waals surface area contributed by atoms with Gasteiger partial charge in [0.1, 0.15) is 12.0 Å². The summed E-state index contributed by atoms with van der Waals surface area (Å²) >= 11 is 0. The zero-order valence-corrected chi connectivity index (χ0v) is 20.6. The molecule has 0 radical (unpaired) electrons. The Hall–Kier alpha value is -4.37. The molecule has 0 bridgehead atoms. The highest BCUT2D eigenvalue weighted by atomic mass is 16.7. The fourth-order valence-electron chi connectivity index (χ4n) is 4.04. The van der Waals surface area contributed by atoms with Crippen LogP contribution in [-0.4, -0.2) is 34.2 Å². The van der Waals surface area contributed by atoms with Crippen molar-refractivity contribution >= 4 is 5.91 Å². The van der Waals surface area contributed by atoms with E-state index in [0.29, 0.717) is 38.7 Å². The van der Waals surface area contributed by atoms with Gasteiger partial charge in [0.15, 0.2) is 17.2 Å². The first-order valence-electron chi connectivity index (χ1n) is 12.1. The Kier molecular flexibility index (Phi) is 7.61. The maximum absolute atomic E-state index is 12.6. The summed E-state index contributed by atoms with van der Waals surface area (Å²) in [7, 11) is 0. The highest BCUT2D eigenvalue weighted by Crippen LogP contribution is 2.33. The Balaban J connectivity index is 1.28. The number of oxazole rings is 1. The van der Waals surface area contributed by atoms with E-state index in [-0.39, 0.29) is 18.4 Å². The number of fused-ring (bicyclic) bond motifs is 1. The molecule has 1 N–H and O–H groups in total. The van der Waals surface area contributed by atoms with Crippen LogP contribution >= 0.6 is 0 Å². The highest BCUT2D eigenvalue weighted by molar-refractivity contribution is 5.91. The van der Waals surface area contributed by atoms with Crippen LogP contribution in [0.3, 0.4) is 0 Å². The molecule has 4 aromatic rings. The molecule has 3 heterocycles. The molecule has 1 amide bonds. The van der Waals surface area contributed by atoms with Crippen LogP contribution in [0.4, 0.5) is 0 Å². The van der Waals surface area contributed by atoms with Crippen LogP contribution in [0.15, 0.2) is 77.7 Å². The number of nitrogens with one attached hydrogen (secondary N) is 1. The number of carbonyl (C=O) groups excluding carboxylic acids is 1. The second-order valence-electron chi connectivity index (χ2n) is 8.58. The smallest absolute Gasteiger partial charge is 0.273 e. The van der Waals surface area contributed by atoms with Crippen LogP contribution in [0.1, 0.15) is 40.0 Å². The van der Waals surface area contributed by atoms with Gasteiger partial charge in [-0.1, -0.05) is 24.3 Å². The van der Waals surface area contributed by atoms with Crippen molar-refractivity contribution in [2.45, 2.75) is 33.1 Å². The minimum atomic E-state index is -0.298. The van der Waals surface area contributed by atoms with Crippen molar-refractivity contribution < 1.29 is 23.4 Å². The number of amides is 1. The maximum atomic E-state index is 12.6. The lowest BCUT2D eigenvalue weighted by Gasteiger charge is -2.21. The second-order valence-corrected chi connectivity index (χ2v) is 8.58. The van der Waals surface area contributed by atoms with Crippen molar-refractivity contribution in [3.8, 4) is 17.2 Å². The summed E-state index contributed by atoms with van der Waals surface area (Å²) in [6.45, 7) is 4.86. The number of hydrogen-bond acceptors (Lipinski definition) is 8. The van der Waals surface area contributed by atoms with Crippen LogP contribution in [0.5, 0.6) is 17.2 Å². The summed E-state index contributed by atoms with van der Waals surface area (Å²) in [6, 6.07) is 17.7. The topological polar surface area (TPSA) is 99.0 Å². The van der Waals surface area contributed by atoms with Gasteiger partial charge >= 0.3 is 0 Å². The molecular formula is C28H28N4O5. The van der Waals surface area contributed by atoms with Crippen molar-refractivity contribution in [2.24, 2.45) is 0 Å². The van der Waals surface area contributed by atoms with Gasteiger partial charge in [0.25, 0.3) is 5.91 Å². The number of carbonyl (C=O) groups is 1. The predicted molar refractivity (Wildman–Crippen MR) is 135 cm³/mol. The number of rotatable bonds is 11. The van der Waals surface area contributed by atoms with Gasteiger partial charge in [-0.05, 0) is 53.9 Å². The standard InChI is InChI=1S/C28H28N4O5/c1-2-34-23-8-5-20(6-9-23)15-32(16-21-7-10-25-26(12-21)37-19-36-25)17-27-31-24(18-35-27)28(33)30-14-22-4-3-11-29-13-22/h3-13,18H,2,14-17,19H2,1H3,(H,30,33). The summed E-state index contributed by atoms with van der Waals surface area (Å²) in [5, 5.41) is 2.85. The van der Waals surface area contributed by atoms with E-state index in [2.05, 4.69) is 20.2 Å². The van der Waals surface area contributed by atoms with E-state index in [1.165, 1.54) is 6.26 Å². The van der Waals surface area contributed by atoms with Crippen molar-refractivity contribution in [2.75, 3.05) is 13.4 Å². The number of nitrogens with zero attached hydrogens (tertiary/aromatic N) is 3.